The average Bonchev–Trinajstić information content (AvgIpc) is 2.62. The summed E-state index contributed by atoms with van der Waals surface area (Å²) in [5.74, 6) is -0.252. The van der Waals surface area contributed by atoms with Crippen LogP contribution in [0.5, 0.6) is 5.75 Å². The fourth-order valence-corrected chi connectivity index (χ4v) is 3.43. The van der Waals surface area contributed by atoms with Crippen molar-refractivity contribution in [3.8, 4) is 5.75 Å². The molecule has 0 radical (unpaired) electrons. The first kappa shape index (κ1) is 17.4. The summed E-state index contributed by atoms with van der Waals surface area (Å²) >= 11 is 0. The number of nitrogens with zero attached hydrogens (tertiary/aromatic N) is 3. The van der Waals surface area contributed by atoms with Gasteiger partial charge in [-0.3, -0.25) is 4.79 Å². The minimum Gasteiger partial charge on any atom is -0.505 e. The summed E-state index contributed by atoms with van der Waals surface area (Å²) in [7, 11) is 4.10. The van der Waals surface area contributed by atoms with E-state index >= 15 is 0 Å². The Hall–Kier alpha value is -2.40. The van der Waals surface area contributed by atoms with Crippen LogP contribution in [-0.2, 0) is 6.54 Å². The summed E-state index contributed by atoms with van der Waals surface area (Å²) in [6, 6.07) is 11.7. The molecule has 5 heteroatoms. The second-order valence-electron chi connectivity index (χ2n) is 6.86. The normalized spacial score (nSPS) is 17.7. The summed E-state index contributed by atoms with van der Waals surface area (Å²) in [5.41, 5.74) is 2.54. The first-order valence-electron chi connectivity index (χ1n) is 8.75. The molecule has 1 amide bonds. The topological polar surface area (TPSA) is 56.7 Å². The number of likely N-dealkylation sites (tertiary alicyclic amines) is 1. The van der Waals surface area contributed by atoms with Gasteiger partial charge in [0.25, 0.3) is 5.91 Å². The van der Waals surface area contributed by atoms with Gasteiger partial charge in [0, 0.05) is 19.3 Å². The second kappa shape index (κ2) is 7.66. The molecule has 1 aliphatic rings. The lowest BCUT2D eigenvalue weighted by Crippen LogP contribution is -2.38. The van der Waals surface area contributed by atoms with Gasteiger partial charge in [-0.15, -0.1) is 0 Å². The van der Waals surface area contributed by atoms with Crippen molar-refractivity contribution in [3.05, 3.63) is 59.4 Å². The molecule has 1 atom stereocenters. The minimum absolute atomic E-state index is 0.0380. The van der Waals surface area contributed by atoms with Gasteiger partial charge in [-0.1, -0.05) is 24.3 Å². The van der Waals surface area contributed by atoms with Crippen LogP contribution in [0.4, 0.5) is 0 Å². The van der Waals surface area contributed by atoms with E-state index in [9.17, 15) is 9.90 Å². The Kier molecular flexibility index (Phi) is 5.34. The molecule has 132 valence electrons. The van der Waals surface area contributed by atoms with Gasteiger partial charge < -0.3 is 14.9 Å². The van der Waals surface area contributed by atoms with Crippen molar-refractivity contribution in [1.29, 1.82) is 0 Å². The first-order chi connectivity index (χ1) is 12.1. The Morgan fingerprint density at radius 2 is 2.00 bits per heavy atom. The summed E-state index contributed by atoms with van der Waals surface area (Å²) in [4.78, 5) is 21.0. The Bertz CT molecular complexity index is 728. The van der Waals surface area contributed by atoms with E-state index in [0.29, 0.717) is 6.54 Å². The number of hydrogen-bond acceptors (Lipinski definition) is 4. The van der Waals surface area contributed by atoms with Crippen molar-refractivity contribution in [2.75, 3.05) is 20.6 Å². The lowest BCUT2D eigenvalue weighted by atomic mass is 9.94. The van der Waals surface area contributed by atoms with Crippen LogP contribution in [0.15, 0.2) is 42.6 Å². The van der Waals surface area contributed by atoms with Crippen LogP contribution in [0.2, 0.25) is 0 Å². The third-order valence-corrected chi connectivity index (χ3v) is 4.62. The molecule has 1 aliphatic heterocycles. The van der Waals surface area contributed by atoms with Gasteiger partial charge in [0.15, 0.2) is 5.69 Å². The average molecular weight is 339 g/mol. The van der Waals surface area contributed by atoms with E-state index < -0.39 is 0 Å². The Labute approximate surface area is 148 Å². The number of piperidine rings is 1. The van der Waals surface area contributed by atoms with Gasteiger partial charge in [-0.05, 0) is 56.6 Å². The lowest BCUT2D eigenvalue weighted by molar-refractivity contribution is 0.0602. The molecule has 0 spiro atoms. The van der Waals surface area contributed by atoms with E-state index in [1.54, 1.807) is 12.3 Å². The Morgan fingerprint density at radius 1 is 1.24 bits per heavy atom. The molecule has 1 fully saturated rings. The van der Waals surface area contributed by atoms with Gasteiger partial charge in [0.05, 0.1) is 6.04 Å². The van der Waals surface area contributed by atoms with E-state index in [-0.39, 0.29) is 23.4 Å². The zero-order chi connectivity index (χ0) is 17.8. The number of rotatable bonds is 4. The van der Waals surface area contributed by atoms with Gasteiger partial charge >= 0.3 is 0 Å². The predicted molar refractivity (Wildman–Crippen MR) is 97.4 cm³/mol. The smallest absolute Gasteiger partial charge is 0.276 e. The van der Waals surface area contributed by atoms with Gasteiger partial charge in [-0.25, -0.2) is 4.98 Å². The highest BCUT2D eigenvalue weighted by molar-refractivity contribution is 5.95. The number of carbonyl (C=O) groups excluding carboxylic acids is 1. The van der Waals surface area contributed by atoms with Crippen LogP contribution in [0, 0.1) is 0 Å². The Morgan fingerprint density at radius 3 is 2.68 bits per heavy atom. The van der Waals surface area contributed by atoms with Crippen molar-refractivity contribution in [1.82, 2.24) is 14.8 Å². The molecule has 0 saturated carbocycles. The zero-order valence-electron chi connectivity index (χ0n) is 14.9. The third-order valence-electron chi connectivity index (χ3n) is 4.62. The van der Waals surface area contributed by atoms with Gasteiger partial charge in [0.2, 0.25) is 0 Å². The standard InChI is InChI=1S/C20H25N3O2/c1-22(2)14-15-8-10-16(11-9-15)17-6-3-4-13-23(17)20(25)19-18(24)7-5-12-21-19/h5,7-12,17,24H,3-4,6,13-14H2,1-2H3/t17-/m0/s1. The first-order valence-corrected chi connectivity index (χ1v) is 8.75. The SMILES string of the molecule is CN(C)Cc1ccc([C@@H]2CCCCN2C(=O)c2ncccc2O)cc1. The molecule has 1 saturated heterocycles. The van der Waals surface area contributed by atoms with Crippen molar-refractivity contribution >= 4 is 5.91 Å². The van der Waals surface area contributed by atoms with E-state index in [1.807, 2.05) is 4.90 Å². The molecule has 1 aromatic heterocycles. The quantitative estimate of drug-likeness (QED) is 0.929. The number of pyridine rings is 1. The molecular weight excluding hydrogens is 314 g/mol. The number of benzene rings is 1. The molecule has 2 heterocycles. The van der Waals surface area contributed by atoms with Crippen LogP contribution in [0.3, 0.4) is 0 Å². The molecular formula is C20H25N3O2. The number of aromatic hydroxyl groups is 1. The molecule has 3 rings (SSSR count). The van der Waals surface area contributed by atoms with Crippen molar-refractivity contribution < 1.29 is 9.90 Å². The largest absolute Gasteiger partial charge is 0.505 e. The summed E-state index contributed by atoms with van der Waals surface area (Å²) in [5, 5.41) is 9.97. The molecule has 25 heavy (non-hydrogen) atoms. The maximum absolute atomic E-state index is 12.9. The maximum atomic E-state index is 12.9. The van der Waals surface area contributed by atoms with E-state index in [1.165, 1.54) is 11.6 Å². The predicted octanol–water partition coefficient (Wildman–Crippen LogP) is 3.22. The molecule has 2 aromatic rings. The van der Waals surface area contributed by atoms with E-state index in [4.69, 9.17) is 0 Å². The van der Waals surface area contributed by atoms with Crippen LogP contribution >= 0.6 is 0 Å². The number of carbonyl (C=O) groups is 1. The summed E-state index contributed by atoms with van der Waals surface area (Å²) in [6.07, 6.45) is 4.56. The summed E-state index contributed by atoms with van der Waals surface area (Å²) < 4.78 is 0. The number of aromatic nitrogens is 1. The van der Waals surface area contributed by atoms with Gasteiger partial charge in [0.1, 0.15) is 5.75 Å². The van der Waals surface area contributed by atoms with Crippen LogP contribution in [0.1, 0.15) is 46.9 Å². The maximum Gasteiger partial charge on any atom is 0.276 e. The second-order valence-corrected chi connectivity index (χ2v) is 6.86. The monoisotopic (exact) mass is 339 g/mol. The van der Waals surface area contributed by atoms with E-state index in [0.717, 1.165) is 31.4 Å². The molecule has 1 N–H and O–H groups in total. The van der Waals surface area contributed by atoms with Crippen LogP contribution in [0.25, 0.3) is 0 Å². The molecule has 0 bridgehead atoms. The molecule has 5 nitrogen and oxygen atoms in total. The van der Waals surface area contributed by atoms with Crippen molar-refractivity contribution in [2.45, 2.75) is 31.8 Å². The third kappa shape index (κ3) is 3.99. The summed E-state index contributed by atoms with van der Waals surface area (Å²) in [6.45, 7) is 1.59. The van der Waals surface area contributed by atoms with Crippen LogP contribution in [-0.4, -0.2) is 46.4 Å². The zero-order valence-corrected chi connectivity index (χ0v) is 14.9. The van der Waals surface area contributed by atoms with Crippen molar-refractivity contribution in [3.63, 3.8) is 0 Å². The lowest BCUT2D eigenvalue weighted by Gasteiger charge is -2.36. The highest BCUT2D eigenvalue weighted by atomic mass is 16.3. The van der Waals surface area contributed by atoms with Gasteiger partial charge in [-0.2, -0.15) is 0 Å². The number of amides is 1. The minimum atomic E-state index is -0.194. The van der Waals surface area contributed by atoms with Crippen molar-refractivity contribution in [2.24, 2.45) is 0 Å². The molecule has 1 aromatic carbocycles. The van der Waals surface area contributed by atoms with Crippen LogP contribution < -0.4 is 0 Å². The molecule has 0 unspecified atom stereocenters. The highest BCUT2D eigenvalue weighted by Gasteiger charge is 2.30. The Balaban J connectivity index is 1.83. The fourth-order valence-electron chi connectivity index (χ4n) is 3.43. The highest BCUT2D eigenvalue weighted by Crippen LogP contribution is 2.33. The van der Waals surface area contributed by atoms with E-state index in [2.05, 4.69) is 48.2 Å². The molecule has 0 aliphatic carbocycles. The fraction of sp³-hybridized carbons (Fsp3) is 0.400. The number of hydrogen-bond donors (Lipinski definition) is 1.